The number of hydrogen-bond acceptors (Lipinski definition) is 3. The molecule has 0 aliphatic carbocycles. The second-order valence-corrected chi connectivity index (χ2v) is 4.11. The van der Waals surface area contributed by atoms with Crippen LogP contribution >= 0.6 is 0 Å². The summed E-state index contributed by atoms with van der Waals surface area (Å²) in [6, 6.07) is 6.04. The van der Waals surface area contributed by atoms with Crippen LogP contribution in [0.4, 0.5) is 13.2 Å². The Bertz CT molecular complexity index is 630. The Morgan fingerprint density at radius 1 is 1.25 bits per heavy atom. The number of carbonyl (C=O) groups excluding carboxylic acids is 1. The van der Waals surface area contributed by atoms with Crippen molar-refractivity contribution in [3.05, 3.63) is 41.6 Å². The molecule has 0 atom stereocenters. The van der Waals surface area contributed by atoms with Crippen molar-refractivity contribution in [3.8, 4) is 11.3 Å². The summed E-state index contributed by atoms with van der Waals surface area (Å²) in [6.07, 6.45) is -4.38. The van der Waals surface area contributed by atoms with E-state index in [0.29, 0.717) is 11.3 Å². The third-order valence-corrected chi connectivity index (χ3v) is 2.78. The maximum atomic E-state index is 12.5. The second kappa shape index (κ2) is 4.99. The van der Waals surface area contributed by atoms with Crippen LogP contribution in [0.15, 0.2) is 30.3 Å². The summed E-state index contributed by atoms with van der Waals surface area (Å²) >= 11 is 0. The molecule has 1 heterocycles. The van der Waals surface area contributed by atoms with Crippen molar-refractivity contribution in [1.82, 2.24) is 9.78 Å². The van der Waals surface area contributed by atoms with Crippen LogP contribution < -0.4 is 0 Å². The SMILES string of the molecule is COC(=O)c1cc(-c2ccc(C(F)(F)F)cc2)nn1C. The summed E-state index contributed by atoms with van der Waals surface area (Å²) in [6.45, 7) is 0. The Morgan fingerprint density at radius 2 is 1.85 bits per heavy atom. The van der Waals surface area contributed by atoms with Crippen LogP contribution in [0.5, 0.6) is 0 Å². The topological polar surface area (TPSA) is 44.1 Å². The van der Waals surface area contributed by atoms with Crippen LogP contribution in [0.1, 0.15) is 16.1 Å². The van der Waals surface area contributed by atoms with E-state index in [1.807, 2.05) is 0 Å². The number of methoxy groups -OCH3 is 1. The summed E-state index contributed by atoms with van der Waals surface area (Å²) in [5, 5.41) is 4.08. The number of carbonyl (C=O) groups is 1. The van der Waals surface area contributed by atoms with Crippen molar-refractivity contribution in [2.45, 2.75) is 6.18 Å². The fraction of sp³-hybridized carbons (Fsp3) is 0.231. The van der Waals surface area contributed by atoms with Crippen LogP contribution in [0.25, 0.3) is 11.3 Å². The first-order chi connectivity index (χ1) is 9.32. The Morgan fingerprint density at radius 3 is 2.35 bits per heavy atom. The molecule has 0 spiro atoms. The monoisotopic (exact) mass is 284 g/mol. The highest BCUT2D eigenvalue weighted by Gasteiger charge is 2.30. The second-order valence-electron chi connectivity index (χ2n) is 4.11. The van der Waals surface area contributed by atoms with Crippen molar-refractivity contribution in [2.24, 2.45) is 7.05 Å². The van der Waals surface area contributed by atoms with Crippen molar-refractivity contribution in [3.63, 3.8) is 0 Å². The lowest BCUT2D eigenvalue weighted by molar-refractivity contribution is -0.137. The number of aromatic nitrogens is 2. The van der Waals surface area contributed by atoms with Crippen LogP contribution in [-0.4, -0.2) is 22.9 Å². The van der Waals surface area contributed by atoms with Gasteiger partial charge in [0.05, 0.1) is 18.4 Å². The molecule has 0 fully saturated rings. The van der Waals surface area contributed by atoms with Crippen molar-refractivity contribution in [2.75, 3.05) is 7.11 Å². The van der Waals surface area contributed by atoms with E-state index < -0.39 is 17.7 Å². The van der Waals surface area contributed by atoms with E-state index in [1.54, 1.807) is 7.05 Å². The van der Waals surface area contributed by atoms with Crippen molar-refractivity contribution >= 4 is 5.97 Å². The molecule has 7 heteroatoms. The van der Waals surface area contributed by atoms with Crippen molar-refractivity contribution in [1.29, 1.82) is 0 Å². The Balaban J connectivity index is 2.35. The minimum absolute atomic E-state index is 0.224. The summed E-state index contributed by atoms with van der Waals surface area (Å²) < 4.78 is 43.3. The van der Waals surface area contributed by atoms with E-state index in [1.165, 1.54) is 30.0 Å². The van der Waals surface area contributed by atoms with Gasteiger partial charge in [0.25, 0.3) is 0 Å². The molecule has 4 nitrogen and oxygen atoms in total. The van der Waals surface area contributed by atoms with Gasteiger partial charge in [0.15, 0.2) is 0 Å². The van der Waals surface area contributed by atoms with Crippen LogP contribution in [0.2, 0.25) is 0 Å². The number of benzene rings is 1. The molecule has 0 bridgehead atoms. The Kier molecular flexibility index (Phi) is 3.52. The Hall–Kier alpha value is -2.31. The third-order valence-electron chi connectivity index (χ3n) is 2.78. The maximum absolute atomic E-state index is 12.5. The molecule has 106 valence electrons. The summed E-state index contributed by atoms with van der Waals surface area (Å²) in [4.78, 5) is 11.4. The van der Waals surface area contributed by atoms with Gasteiger partial charge in [0, 0.05) is 12.6 Å². The normalized spacial score (nSPS) is 11.4. The van der Waals surface area contributed by atoms with Crippen LogP contribution in [-0.2, 0) is 18.0 Å². The van der Waals surface area contributed by atoms with Gasteiger partial charge in [0.1, 0.15) is 5.69 Å². The van der Waals surface area contributed by atoms with Gasteiger partial charge in [-0.3, -0.25) is 4.68 Å². The zero-order chi connectivity index (χ0) is 14.9. The lowest BCUT2D eigenvalue weighted by Gasteiger charge is -2.06. The molecule has 1 aromatic carbocycles. The minimum atomic E-state index is -4.38. The average molecular weight is 284 g/mol. The van der Waals surface area contributed by atoms with Gasteiger partial charge in [-0.2, -0.15) is 18.3 Å². The first-order valence-corrected chi connectivity index (χ1v) is 5.63. The molecule has 2 rings (SSSR count). The number of rotatable bonds is 2. The van der Waals surface area contributed by atoms with Gasteiger partial charge in [-0.25, -0.2) is 4.79 Å². The fourth-order valence-electron chi connectivity index (χ4n) is 1.73. The van der Waals surface area contributed by atoms with Gasteiger partial charge in [-0.1, -0.05) is 12.1 Å². The molecule has 20 heavy (non-hydrogen) atoms. The van der Waals surface area contributed by atoms with Gasteiger partial charge in [0.2, 0.25) is 0 Å². The molecule has 0 aliphatic rings. The zero-order valence-corrected chi connectivity index (χ0v) is 10.7. The highest BCUT2D eigenvalue weighted by molar-refractivity contribution is 5.88. The molecule has 2 aromatic rings. The van der Waals surface area contributed by atoms with Gasteiger partial charge < -0.3 is 4.74 Å². The third kappa shape index (κ3) is 2.66. The molecule has 0 saturated heterocycles. The summed E-state index contributed by atoms with van der Waals surface area (Å²) in [5.74, 6) is -0.557. The average Bonchev–Trinajstić information content (AvgIpc) is 2.79. The summed E-state index contributed by atoms with van der Waals surface area (Å²) in [7, 11) is 2.80. The number of ether oxygens (including phenoxy) is 1. The number of aryl methyl sites for hydroxylation is 1. The quantitative estimate of drug-likeness (QED) is 0.796. The van der Waals surface area contributed by atoms with Crippen LogP contribution in [0.3, 0.4) is 0 Å². The molecule has 0 saturated carbocycles. The number of hydrogen-bond donors (Lipinski definition) is 0. The highest BCUT2D eigenvalue weighted by atomic mass is 19.4. The van der Waals surface area contributed by atoms with E-state index in [0.717, 1.165) is 12.1 Å². The molecule has 1 aromatic heterocycles. The van der Waals surface area contributed by atoms with Crippen LogP contribution in [0, 0.1) is 0 Å². The minimum Gasteiger partial charge on any atom is -0.464 e. The first-order valence-electron chi connectivity index (χ1n) is 5.63. The summed E-state index contributed by atoms with van der Waals surface area (Å²) in [5.41, 5.74) is 0.387. The predicted octanol–water partition coefficient (Wildman–Crippen LogP) is 2.89. The first kappa shape index (κ1) is 14.1. The number of halogens is 3. The highest BCUT2D eigenvalue weighted by Crippen LogP contribution is 2.30. The lowest BCUT2D eigenvalue weighted by Crippen LogP contribution is -2.07. The van der Waals surface area contributed by atoms with Gasteiger partial charge in [-0.15, -0.1) is 0 Å². The molecule has 0 unspecified atom stereocenters. The molecular formula is C13H11F3N2O2. The van der Waals surface area contributed by atoms with E-state index in [9.17, 15) is 18.0 Å². The maximum Gasteiger partial charge on any atom is 0.416 e. The van der Waals surface area contributed by atoms with E-state index in [4.69, 9.17) is 0 Å². The molecule has 0 radical (unpaired) electrons. The molecule has 0 N–H and O–H groups in total. The molecule has 0 amide bonds. The standard InChI is InChI=1S/C13H11F3N2O2/c1-18-11(12(19)20-2)7-10(17-18)8-3-5-9(6-4-8)13(14,15)16/h3-7H,1-2H3. The predicted molar refractivity (Wildman–Crippen MR) is 65.0 cm³/mol. The van der Waals surface area contributed by atoms with Gasteiger partial charge >= 0.3 is 12.1 Å². The van der Waals surface area contributed by atoms with E-state index in [2.05, 4.69) is 9.84 Å². The number of nitrogens with zero attached hydrogens (tertiary/aromatic N) is 2. The smallest absolute Gasteiger partial charge is 0.416 e. The molecular weight excluding hydrogens is 273 g/mol. The zero-order valence-electron chi connectivity index (χ0n) is 10.7. The van der Waals surface area contributed by atoms with Gasteiger partial charge in [-0.05, 0) is 18.2 Å². The van der Waals surface area contributed by atoms with E-state index >= 15 is 0 Å². The lowest BCUT2D eigenvalue weighted by atomic mass is 10.1. The Labute approximate surface area is 112 Å². The van der Waals surface area contributed by atoms with E-state index in [-0.39, 0.29) is 5.69 Å². The number of esters is 1. The largest absolute Gasteiger partial charge is 0.464 e. The molecule has 0 aliphatic heterocycles. The number of alkyl halides is 3. The fourth-order valence-corrected chi connectivity index (χ4v) is 1.73. The van der Waals surface area contributed by atoms with Crippen molar-refractivity contribution < 1.29 is 22.7 Å².